The third-order valence-corrected chi connectivity index (χ3v) is 17.9. The van der Waals surface area contributed by atoms with Crippen molar-refractivity contribution in [1.29, 1.82) is 0 Å². The Morgan fingerprint density at radius 3 is 0.829 bits per heavy atom. The highest BCUT2D eigenvalue weighted by molar-refractivity contribution is 6.81. The minimum atomic E-state index is -4.77. The van der Waals surface area contributed by atoms with Crippen LogP contribution in [0.25, 0.3) is 0 Å². The zero-order chi connectivity index (χ0) is 33.0. The molecule has 0 atom stereocenters. The highest BCUT2D eigenvalue weighted by atomic mass is 28.4. The molecule has 0 aliphatic heterocycles. The highest BCUT2D eigenvalue weighted by Gasteiger charge is 2.64. The lowest BCUT2D eigenvalue weighted by Crippen LogP contribution is -2.71. The fourth-order valence-corrected chi connectivity index (χ4v) is 20.0. The molecule has 0 saturated heterocycles. The number of hydrogen-bond acceptors (Lipinski definition) is 10. The van der Waals surface area contributed by atoms with Crippen molar-refractivity contribution < 1.29 is 42.4 Å². The van der Waals surface area contributed by atoms with Gasteiger partial charge in [0.15, 0.2) is 0 Å². The maximum atomic E-state index is 10.9. The molecule has 2 N–H and O–H groups in total. The third kappa shape index (κ3) is 19.2. The molecule has 41 heavy (non-hydrogen) atoms. The molecule has 0 spiro atoms. The number of rotatable bonds is 16. The van der Waals surface area contributed by atoms with E-state index in [0.717, 1.165) is 0 Å². The van der Waals surface area contributed by atoms with Crippen LogP contribution in [-0.2, 0) is 32.2 Å². The fraction of sp³-hybridized carbons (Fsp3) is 1.00. The normalized spacial score (nSPS) is 15.5. The van der Waals surface area contributed by atoms with Crippen LogP contribution in [0.4, 0.5) is 0 Å². The SMILES string of the molecule is CC(C)(C)O[Si](CO)(OC(C)(C)C)[O][Al-]([O]C[Si](C)(C)C)([O]C[Si](C)(C)C)[O][Si](CO)(OC(C)(C)C)OC(C)(C)C. The second-order valence-corrected chi connectivity index (χ2v) is 35.8. The molecule has 0 aliphatic carbocycles. The summed E-state index contributed by atoms with van der Waals surface area (Å²) in [6.45, 7) is 35.4. The van der Waals surface area contributed by atoms with Crippen LogP contribution in [0.5, 0.6) is 0 Å². The van der Waals surface area contributed by atoms with E-state index >= 15 is 0 Å². The number of hydrogen-bond donors (Lipinski definition) is 2. The van der Waals surface area contributed by atoms with E-state index < -0.39 is 83.0 Å². The van der Waals surface area contributed by atoms with Gasteiger partial charge in [-0.1, -0.05) is 39.3 Å². The van der Waals surface area contributed by atoms with Gasteiger partial charge >= 0.3 is 32.0 Å². The van der Waals surface area contributed by atoms with E-state index in [1.165, 1.54) is 0 Å². The standard InChI is InChI=1S/2C9H21O4Si.2C4H11OSi.Al/c2*1-8(2,3)12-14(11,7-10)13-9(4,5)6;2*1-6(2,3)4-5;/h2*10H,7H2,1-6H3;2*4H2,1-3H3;/q4*-1;+3. The van der Waals surface area contributed by atoms with Crippen LogP contribution in [0.15, 0.2) is 0 Å². The summed E-state index contributed by atoms with van der Waals surface area (Å²) in [6.07, 6.45) is -0.392. The van der Waals surface area contributed by atoms with Crippen LogP contribution in [0.2, 0.25) is 39.3 Å². The van der Waals surface area contributed by atoms with Crippen molar-refractivity contribution >= 4 is 48.2 Å². The lowest BCUT2D eigenvalue weighted by atomic mass is 10.2. The zero-order valence-corrected chi connectivity index (χ0v) is 34.7. The molecule has 0 aliphatic rings. The molecule has 0 radical (unpaired) electrons. The molecule has 0 bridgehead atoms. The second-order valence-electron chi connectivity index (χ2n) is 17.1. The summed E-state index contributed by atoms with van der Waals surface area (Å²) in [5.74, 6) is 0. The van der Waals surface area contributed by atoms with Crippen molar-refractivity contribution in [3.63, 3.8) is 0 Å². The monoisotopic (exact) mass is 675 g/mol. The Morgan fingerprint density at radius 1 is 0.463 bits per heavy atom. The average Bonchev–Trinajstić information content (AvgIpc) is 2.64. The Hall–Kier alpha value is 1.000. The predicted octanol–water partition coefficient (Wildman–Crippen LogP) is 5.44. The molecule has 0 rings (SSSR count). The smallest absolute Gasteiger partial charge is 0.590 e. The summed E-state index contributed by atoms with van der Waals surface area (Å²) >= 11 is -4.77. The van der Waals surface area contributed by atoms with Gasteiger partial charge in [-0.2, -0.15) is 0 Å². The van der Waals surface area contributed by atoms with E-state index in [9.17, 15) is 10.2 Å². The molecule has 0 heterocycles. The fourth-order valence-electron chi connectivity index (χ4n) is 3.56. The summed E-state index contributed by atoms with van der Waals surface area (Å²) in [6, 6.07) is 0. The van der Waals surface area contributed by atoms with Gasteiger partial charge in [0, 0.05) is 0 Å². The maximum Gasteiger partial charge on any atom is 0.860 e. The van der Waals surface area contributed by atoms with Crippen molar-refractivity contribution in [3.05, 3.63) is 0 Å². The van der Waals surface area contributed by atoms with Gasteiger partial charge in [-0.15, -0.1) is 0 Å². The van der Waals surface area contributed by atoms with Crippen LogP contribution < -0.4 is 0 Å². The van der Waals surface area contributed by atoms with Gasteiger partial charge in [0.05, 0.1) is 38.6 Å². The largest absolute Gasteiger partial charge is 0.860 e. The summed E-state index contributed by atoms with van der Waals surface area (Å²) in [5, 5.41) is 21.8. The van der Waals surface area contributed by atoms with Crippen LogP contribution in [-0.4, -0.2) is 106 Å². The van der Waals surface area contributed by atoms with E-state index in [1.54, 1.807) is 0 Å². The van der Waals surface area contributed by atoms with E-state index in [0.29, 0.717) is 12.5 Å². The van der Waals surface area contributed by atoms with Crippen LogP contribution in [0.3, 0.4) is 0 Å². The van der Waals surface area contributed by atoms with Gasteiger partial charge in [-0.3, -0.25) is 0 Å². The second kappa shape index (κ2) is 14.6. The minimum absolute atomic E-state index is 0.339. The molecule has 15 heteroatoms. The van der Waals surface area contributed by atoms with Gasteiger partial charge in [0.25, 0.3) is 0 Å². The third-order valence-electron chi connectivity index (χ3n) is 4.32. The molecular weight excluding hydrogens is 612 g/mol. The molecule has 248 valence electrons. The van der Waals surface area contributed by atoms with E-state index in [2.05, 4.69) is 39.3 Å². The Kier molecular flexibility index (Phi) is 15.0. The maximum absolute atomic E-state index is 10.9. The lowest BCUT2D eigenvalue weighted by Gasteiger charge is -2.52. The quantitative estimate of drug-likeness (QED) is 0.205. The lowest BCUT2D eigenvalue weighted by molar-refractivity contribution is -0.0835. The number of aliphatic hydroxyl groups is 2. The average molecular weight is 676 g/mol. The molecule has 0 aromatic heterocycles. The van der Waals surface area contributed by atoms with Gasteiger partial charge in [-0.25, -0.2) is 0 Å². The molecule has 10 nitrogen and oxygen atoms in total. The molecule has 0 amide bonds. The Morgan fingerprint density at radius 2 is 0.683 bits per heavy atom. The van der Waals surface area contributed by atoms with Crippen molar-refractivity contribution in [2.45, 2.75) is 145 Å². The molecule has 0 aromatic rings. The molecule has 0 aromatic carbocycles. The first kappa shape index (κ1) is 42.0. The van der Waals surface area contributed by atoms with E-state index in [-0.39, 0.29) is 0 Å². The molecular formula is C26H64AlO10Si4-. The van der Waals surface area contributed by atoms with Crippen molar-refractivity contribution in [2.75, 3.05) is 24.9 Å². The van der Waals surface area contributed by atoms with Crippen LogP contribution >= 0.6 is 0 Å². The summed E-state index contributed by atoms with van der Waals surface area (Å²) in [4.78, 5) is 0. The Bertz CT molecular complexity index is 693. The first-order valence-electron chi connectivity index (χ1n) is 14.6. The highest BCUT2D eigenvalue weighted by Crippen LogP contribution is 2.34. The number of aliphatic hydroxyl groups excluding tert-OH is 2. The molecule has 0 saturated carbocycles. The van der Waals surface area contributed by atoms with Crippen molar-refractivity contribution in [1.82, 2.24) is 0 Å². The first-order chi connectivity index (χ1) is 17.8. The van der Waals surface area contributed by atoms with Crippen molar-refractivity contribution in [2.24, 2.45) is 0 Å². The van der Waals surface area contributed by atoms with Crippen molar-refractivity contribution in [3.8, 4) is 0 Å². The predicted molar refractivity (Wildman–Crippen MR) is 176 cm³/mol. The summed E-state index contributed by atoms with van der Waals surface area (Å²) in [7, 11) is -11.7. The topological polar surface area (TPSA) is 114 Å². The summed E-state index contributed by atoms with van der Waals surface area (Å²) in [5.41, 5.74) is -2.95. The van der Waals surface area contributed by atoms with E-state index in [1.807, 2.05) is 83.1 Å². The summed E-state index contributed by atoms with van der Waals surface area (Å²) < 4.78 is 52.9. The molecule has 0 fully saturated rings. The van der Waals surface area contributed by atoms with Gasteiger partial charge in [0.1, 0.15) is 12.5 Å². The van der Waals surface area contributed by atoms with Crippen LogP contribution in [0, 0.1) is 0 Å². The van der Waals surface area contributed by atoms with Gasteiger partial charge < -0.3 is 42.4 Å². The minimum Gasteiger partial charge on any atom is -0.590 e. The zero-order valence-electron chi connectivity index (χ0n) is 29.6. The van der Waals surface area contributed by atoms with E-state index in [4.69, 9.17) is 32.2 Å². The van der Waals surface area contributed by atoms with Crippen LogP contribution in [0.1, 0.15) is 83.1 Å². The Balaban J connectivity index is 7.50. The Labute approximate surface area is 259 Å². The van der Waals surface area contributed by atoms with Gasteiger partial charge in [-0.05, 0) is 95.5 Å². The molecule has 0 unspecified atom stereocenters. The van der Waals surface area contributed by atoms with Gasteiger partial charge in [0.2, 0.25) is 0 Å². The first-order valence-corrected chi connectivity index (χ1v) is 27.8.